The highest BCUT2D eigenvalue weighted by atomic mass is 19.1. The monoisotopic (exact) mass is 222 g/mol. The molecule has 0 unspecified atom stereocenters. The molecular formula is C11H11FN2O2. The summed E-state index contributed by atoms with van der Waals surface area (Å²) < 4.78 is 19.3. The maximum atomic E-state index is 13.0. The Morgan fingerprint density at radius 2 is 2.31 bits per heavy atom. The fourth-order valence-electron chi connectivity index (χ4n) is 1.48. The van der Waals surface area contributed by atoms with Crippen LogP contribution in [0.4, 0.5) is 4.39 Å². The molecule has 0 fully saturated rings. The minimum atomic E-state index is -0.434. The number of rotatable bonds is 3. The quantitative estimate of drug-likeness (QED) is 0.783. The molecule has 0 aliphatic carbocycles. The number of halogens is 1. The number of ether oxygens (including phenoxy) is 1. The maximum absolute atomic E-state index is 13.0. The Labute approximate surface area is 91.3 Å². The van der Waals surface area contributed by atoms with Crippen LogP contribution in [-0.4, -0.2) is 23.3 Å². The van der Waals surface area contributed by atoms with Gasteiger partial charge in [0.05, 0.1) is 30.4 Å². The molecule has 5 heteroatoms. The minimum Gasteiger partial charge on any atom is -0.383 e. The van der Waals surface area contributed by atoms with E-state index < -0.39 is 5.82 Å². The van der Waals surface area contributed by atoms with Crippen molar-refractivity contribution >= 4 is 10.9 Å². The molecule has 1 aromatic carbocycles. The molecule has 16 heavy (non-hydrogen) atoms. The van der Waals surface area contributed by atoms with Crippen molar-refractivity contribution in [1.82, 2.24) is 9.55 Å². The molecule has 84 valence electrons. The molecule has 1 heterocycles. The van der Waals surface area contributed by atoms with Crippen molar-refractivity contribution in [2.45, 2.75) is 6.54 Å². The van der Waals surface area contributed by atoms with Gasteiger partial charge in [-0.2, -0.15) is 0 Å². The highest BCUT2D eigenvalue weighted by molar-refractivity contribution is 5.77. The smallest absolute Gasteiger partial charge is 0.261 e. The molecule has 0 bridgehead atoms. The van der Waals surface area contributed by atoms with Crippen LogP contribution in [0.15, 0.2) is 29.3 Å². The van der Waals surface area contributed by atoms with Crippen molar-refractivity contribution < 1.29 is 9.13 Å². The van der Waals surface area contributed by atoms with Crippen LogP contribution >= 0.6 is 0 Å². The van der Waals surface area contributed by atoms with Crippen LogP contribution in [0.1, 0.15) is 0 Å². The van der Waals surface area contributed by atoms with Gasteiger partial charge in [-0.15, -0.1) is 0 Å². The average molecular weight is 222 g/mol. The summed E-state index contributed by atoms with van der Waals surface area (Å²) in [6.45, 7) is 0.831. The summed E-state index contributed by atoms with van der Waals surface area (Å²) in [6, 6.07) is 3.98. The van der Waals surface area contributed by atoms with Gasteiger partial charge < -0.3 is 4.74 Å². The lowest BCUT2D eigenvalue weighted by Crippen LogP contribution is -2.22. The van der Waals surface area contributed by atoms with Gasteiger partial charge in [-0.25, -0.2) is 9.37 Å². The molecular weight excluding hydrogens is 211 g/mol. The Balaban J connectivity index is 2.55. The van der Waals surface area contributed by atoms with Gasteiger partial charge in [0.25, 0.3) is 5.56 Å². The van der Waals surface area contributed by atoms with Crippen LogP contribution in [0.25, 0.3) is 10.9 Å². The van der Waals surface area contributed by atoms with Crippen LogP contribution in [0.2, 0.25) is 0 Å². The van der Waals surface area contributed by atoms with E-state index in [1.807, 2.05) is 0 Å². The highest BCUT2D eigenvalue weighted by Crippen LogP contribution is 2.08. The zero-order valence-corrected chi connectivity index (χ0v) is 8.81. The Hall–Kier alpha value is -1.75. The predicted molar refractivity (Wildman–Crippen MR) is 57.8 cm³/mol. The van der Waals surface area contributed by atoms with E-state index in [0.717, 1.165) is 0 Å². The molecule has 0 atom stereocenters. The van der Waals surface area contributed by atoms with E-state index >= 15 is 0 Å². The maximum Gasteiger partial charge on any atom is 0.261 e. The zero-order valence-electron chi connectivity index (χ0n) is 8.81. The Kier molecular flexibility index (Phi) is 2.96. The summed E-state index contributed by atoms with van der Waals surface area (Å²) in [5.41, 5.74) is 0.251. The van der Waals surface area contributed by atoms with E-state index in [1.165, 1.54) is 29.1 Å². The topological polar surface area (TPSA) is 44.1 Å². The first-order valence-corrected chi connectivity index (χ1v) is 4.86. The van der Waals surface area contributed by atoms with Gasteiger partial charge in [-0.05, 0) is 18.2 Å². The van der Waals surface area contributed by atoms with Crippen LogP contribution in [0, 0.1) is 5.82 Å². The molecule has 0 spiro atoms. The van der Waals surface area contributed by atoms with Gasteiger partial charge in [-0.3, -0.25) is 9.36 Å². The first-order valence-electron chi connectivity index (χ1n) is 4.86. The van der Waals surface area contributed by atoms with Gasteiger partial charge in [0.15, 0.2) is 0 Å². The Morgan fingerprint density at radius 1 is 1.50 bits per heavy atom. The summed E-state index contributed by atoms with van der Waals surface area (Å²) in [6.07, 6.45) is 1.45. The fraction of sp³-hybridized carbons (Fsp3) is 0.273. The van der Waals surface area contributed by atoms with Crippen molar-refractivity contribution in [1.29, 1.82) is 0 Å². The lowest BCUT2D eigenvalue weighted by atomic mass is 10.2. The molecule has 0 radical (unpaired) electrons. The second-order valence-electron chi connectivity index (χ2n) is 3.40. The van der Waals surface area contributed by atoms with Crippen LogP contribution in [0.3, 0.4) is 0 Å². The van der Waals surface area contributed by atoms with E-state index in [4.69, 9.17) is 4.74 Å². The molecule has 2 rings (SSSR count). The number of methoxy groups -OCH3 is 1. The Bertz CT molecular complexity index is 565. The predicted octanol–water partition coefficient (Wildman–Crippen LogP) is 1.18. The third kappa shape index (κ3) is 1.94. The lowest BCUT2D eigenvalue weighted by Gasteiger charge is -2.05. The lowest BCUT2D eigenvalue weighted by molar-refractivity contribution is 0.186. The van der Waals surface area contributed by atoms with Crippen molar-refractivity contribution in [3.63, 3.8) is 0 Å². The van der Waals surface area contributed by atoms with Gasteiger partial charge >= 0.3 is 0 Å². The van der Waals surface area contributed by atoms with Crippen LogP contribution in [-0.2, 0) is 11.3 Å². The van der Waals surface area contributed by atoms with E-state index in [0.29, 0.717) is 24.1 Å². The summed E-state index contributed by atoms with van der Waals surface area (Å²) in [5, 5.41) is 0.290. The van der Waals surface area contributed by atoms with Gasteiger partial charge in [0.1, 0.15) is 5.82 Å². The van der Waals surface area contributed by atoms with Crippen molar-refractivity contribution in [3.8, 4) is 0 Å². The number of hydrogen-bond donors (Lipinski definition) is 0. The average Bonchev–Trinajstić information content (AvgIpc) is 2.29. The number of aromatic nitrogens is 2. The first kappa shape index (κ1) is 10.8. The second kappa shape index (κ2) is 4.40. The molecule has 0 N–H and O–H groups in total. The normalized spacial score (nSPS) is 10.9. The van der Waals surface area contributed by atoms with E-state index in [2.05, 4.69) is 4.98 Å². The molecule has 0 aliphatic heterocycles. The molecule has 1 aromatic heterocycles. The van der Waals surface area contributed by atoms with Gasteiger partial charge in [0.2, 0.25) is 0 Å². The number of benzene rings is 1. The van der Waals surface area contributed by atoms with Gasteiger partial charge in [-0.1, -0.05) is 0 Å². The van der Waals surface area contributed by atoms with Crippen LogP contribution < -0.4 is 5.56 Å². The summed E-state index contributed by atoms with van der Waals surface area (Å²) in [7, 11) is 1.55. The third-order valence-electron chi connectivity index (χ3n) is 2.32. The van der Waals surface area contributed by atoms with Crippen molar-refractivity contribution in [2.75, 3.05) is 13.7 Å². The highest BCUT2D eigenvalue weighted by Gasteiger charge is 2.04. The first-order chi connectivity index (χ1) is 7.72. The minimum absolute atomic E-state index is 0.249. The largest absolute Gasteiger partial charge is 0.383 e. The standard InChI is InChI=1S/C11H11FN2O2/c1-16-5-4-14-7-13-10-3-2-8(12)6-9(10)11(14)15/h2-3,6-7H,4-5H2,1H3. The summed E-state index contributed by atoms with van der Waals surface area (Å²) in [5.74, 6) is -0.434. The zero-order chi connectivity index (χ0) is 11.5. The summed E-state index contributed by atoms with van der Waals surface area (Å²) in [4.78, 5) is 16.0. The van der Waals surface area contributed by atoms with Gasteiger partial charge in [0, 0.05) is 7.11 Å². The molecule has 0 amide bonds. The SMILES string of the molecule is COCCn1cnc2ccc(F)cc2c1=O. The van der Waals surface area contributed by atoms with E-state index in [-0.39, 0.29) is 5.56 Å². The fourth-order valence-corrected chi connectivity index (χ4v) is 1.48. The summed E-state index contributed by atoms with van der Waals surface area (Å²) >= 11 is 0. The molecule has 0 saturated heterocycles. The van der Waals surface area contributed by atoms with E-state index in [9.17, 15) is 9.18 Å². The molecule has 0 saturated carbocycles. The number of hydrogen-bond acceptors (Lipinski definition) is 3. The third-order valence-corrected chi connectivity index (χ3v) is 2.32. The molecule has 0 aliphatic rings. The molecule has 4 nitrogen and oxygen atoms in total. The van der Waals surface area contributed by atoms with E-state index in [1.54, 1.807) is 7.11 Å². The number of fused-ring (bicyclic) bond motifs is 1. The van der Waals surface area contributed by atoms with Crippen molar-refractivity contribution in [2.24, 2.45) is 0 Å². The Morgan fingerprint density at radius 3 is 3.06 bits per heavy atom. The number of nitrogens with zero attached hydrogens (tertiary/aromatic N) is 2. The van der Waals surface area contributed by atoms with Crippen molar-refractivity contribution in [3.05, 3.63) is 40.7 Å². The van der Waals surface area contributed by atoms with Crippen LogP contribution in [0.5, 0.6) is 0 Å². The second-order valence-corrected chi connectivity index (χ2v) is 3.40. The molecule has 2 aromatic rings.